The summed E-state index contributed by atoms with van der Waals surface area (Å²) in [5.41, 5.74) is 3.47. The van der Waals surface area contributed by atoms with Gasteiger partial charge in [-0.15, -0.1) is 0 Å². The Morgan fingerprint density at radius 1 is 1.11 bits per heavy atom. The van der Waals surface area contributed by atoms with E-state index in [1.807, 2.05) is 47.1 Å². The maximum Gasteiger partial charge on any atom is 0.236 e. The number of para-hydroxylation sites is 1. The SMILES string of the molecule is CN(Cc1ccccc1-n1cccn1)C(=O)CN1CC[C@H](c2ccccc2)C1. The molecule has 0 saturated carbocycles. The number of rotatable bonds is 6. The van der Waals surface area contributed by atoms with Gasteiger partial charge in [0.25, 0.3) is 0 Å². The zero-order valence-electron chi connectivity index (χ0n) is 16.2. The zero-order chi connectivity index (χ0) is 19.3. The van der Waals surface area contributed by atoms with Gasteiger partial charge < -0.3 is 4.90 Å². The first-order valence-corrected chi connectivity index (χ1v) is 9.80. The topological polar surface area (TPSA) is 41.4 Å². The Kier molecular flexibility index (Phi) is 5.53. The Labute approximate surface area is 166 Å². The average Bonchev–Trinajstić information content (AvgIpc) is 3.41. The molecule has 0 unspecified atom stereocenters. The van der Waals surface area contributed by atoms with Gasteiger partial charge >= 0.3 is 0 Å². The standard InChI is InChI=1S/C23H26N4O/c1-25(16-21-10-5-6-11-22(21)27-14-7-13-24-27)23(28)18-26-15-12-20(17-26)19-8-3-2-4-9-19/h2-11,13-14,20H,12,15-18H2,1H3/t20-/m0/s1. The Bertz CT molecular complexity index is 907. The summed E-state index contributed by atoms with van der Waals surface area (Å²) < 4.78 is 1.85. The summed E-state index contributed by atoms with van der Waals surface area (Å²) in [4.78, 5) is 16.9. The third kappa shape index (κ3) is 4.15. The van der Waals surface area contributed by atoms with E-state index in [9.17, 15) is 4.79 Å². The molecule has 1 saturated heterocycles. The summed E-state index contributed by atoms with van der Waals surface area (Å²) in [6.07, 6.45) is 4.81. The van der Waals surface area contributed by atoms with Crippen molar-refractivity contribution in [2.45, 2.75) is 18.9 Å². The van der Waals surface area contributed by atoms with E-state index in [0.717, 1.165) is 30.8 Å². The second kappa shape index (κ2) is 8.40. The van der Waals surface area contributed by atoms with E-state index >= 15 is 0 Å². The number of carbonyl (C=O) groups is 1. The van der Waals surface area contributed by atoms with E-state index in [-0.39, 0.29) is 5.91 Å². The number of nitrogens with zero attached hydrogens (tertiary/aromatic N) is 4. The summed E-state index contributed by atoms with van der Waals surface area (Å²) in [7, 11) is 1.88. The highest BCUT2D eigenvalue weighted by atomic mass is 16.2. The van der Waals surface area contributed by atoms with E-state index in [4.69, 9.17) is 0 Å². The molecule has 0 radical (unpaired) electrons. The lowest BCUT2D eigenvalue weighted by Crippen LogP contribution is -2.37. The lowest BCUT2D eigenvalue weighted by Gasteiger charge is -2.23. The summed E-state index contributed by atoms with van der Waals surface area (Å²) in [6, 6.07) is 20.6. The van der Waals surface area contributed by atoms with Gasteiger partial charge in [-0.2, -0.15) is 5.10 Å². The molecule has 1 aliphatic rings. The van der Waals surface area contributed by atoms with Crippen molar-refractivity contribution in [1.29, 1.82) is 0 Å². The molecule has 5 heteroatoms. The molecule has 28 heavy (non-hydrogen) atoms. The van der Waals surface area contributed by atoms with Crippen molar-refractivity contribution in [1.82, 2.24) is 19.6 Å². The van der Waals surface area contributed by atoms with Crippen LogP contribution in [0.5, 0.6) is 0 Å². The van der Waals surface area contributed by atoms with Crippen LogP contribution in [0.2, 0.25) is 0 Å². The van der Waals surface area contributed by atoms with Gasteiger partial charge in [-0.1, -0.05) is 48.5 Å². The second-order valence-corrected chi connectivity index (χ2v) is 7.46. The van der Waals surface area contributed by atoms with Crippen molar-refractivity contribution in [3.05, 3.63) is 84.2 Å². The van der Waals surface area contributed by atoms with E-state index in [1.54, 1.807) is 6.20 Å². The van der Waals surface area contributed by atoms with Crippen molar-refractivity contribution in [3.8, 4) is 5.69 Å². The van der Waals surface area contributed by atoms with E-state index in [1.165, 1.54) is 5.56 Å². The third-order valence-electron chi connectivity index (χ3n) is 5.48. The molecule has 1 aromatic heterocycles. The Hall–Kier alpha value is -2.92. The molecule has 4 rings (SSSR count). The molecular formula is C23H26N4O. The van der Waals surface area contributed by atoms with Gasteiger partial charge in [0, 0.05) is 32.5 Å². The van der Waals surface area contributed by atoms with Crippen LogP contribution in [-0.4, -0.2) is 52.2 Å². The first-order valence-electron chi connectivity index (χ1n) is 9.80. The molecule has 1 amide bonds. The molecular weight excluding hydrogens is 348 g/mol. The molecule has 1 fully saturated rings. The van der Waals surface area contributed by atoms with Crippen LogP contribution in [-0.2, 0) is 11.3 Å². The van der Waals surface area contributed by atoms with Crippen LogP contribution in [0.3, 0.4) is 0 Å². The van der Waals surface area contributed by atoms with Crippen molar-refractivity contribution in [2.24, 2.45) is 0 Å². The molecule has 0 bridgehead atoms. The highest BCUT2D eigenvalue weighted by Gasteiger charge is 2.26. The minimum absolute atomic E-state index is 0.156. The Morgan fingerprint density at radius 2 is 1.89 bits per heavy atom. The number of hydrogen-bond donors (Lipinski definition) is 0. The maximum absolute atomic E-state index is 12.8. The highest BCUT2D eigenvalue weighted by molar-refractivity contribution is 5.78. The third-order valence-corrected chi connectivity index (χ3v) is 5.48. The molecule has 144 valence electrons. The van der Waals surface area contributed by atoms with Gasteiger partial charge in [0.15, 0.2) is 0 Å². The fraction of sp³-hybridized carbons (Fsp3) is 0.304. The lowest BCUT2D eigenvalue weighted by atomic mass is 9.99. The van der Waals surface area contributed by atoms with Gasteiger partial charge in [0.05, 0.1) is 12.2 Å². The fourth-order valence-corrected chi connectivity index (χ4v) is 3.91. The van der Waals surface area contributed by atoms with Crippen LogP contribution in [0.1, 0.15) is 23.5 Å². The quantitative estimate of drug-likeness (QED) is 0.665. The Balaban J connectivity index is 1.36. The normalized spacial score (nSPS) is 17.0. The number of hydrogen-bond acceptors (Lipinski definition) is 3. The minimum Gasteiger partial charge on any atom is -0.340 e. The van der Waals surface area contributed by atoms with Crippen LogP contribution in [0.15, 0.2) is 73.1 Å². The molecule has 0 aliphatic carbocycles. The second-order valence-electron chi connectivity index (χ2n) is 7.46. The predicted octanol–water partition coefficient (Wildman–Crippen LogP) is 3.32. The van der Waals surface area contributed by atoms with Gasteiger partial charge in [0.2, 0.25) is 5.91 Å². The van der Waals surface area contributed by atoms with Crippen LogP contribution >= 0.6 is 0 Å². The van der Waals surface area contributed by atoms with Gasteiger partial charge in [0.1, 0.15) is 0 Å². The van der Waals surface area contributed by atoms with Crippen LogP contribution < -0.4 is 0 Å². The smallest absolute Gasteiger partial charge is 0.236 e. The number of benzene rings is 2. The number of likely N-dealkylation sites (N-methyl/N-ethyl adjacent to an activating group) is 1. The van der Waals surface area contributed by atoms with Gasteiger partial charge in [-0.05, 0) is 42.1 Å². The van der Waals surface area contributed by atoms with E-state index in [2.05, 4.69) is 46.4 Å². The predicted molar refractivity (Wildman–Crippen MR) is 110 cm³/mol. The summed E-state index contributed by atoms with van der Waals surface area (Å²) in [5.74, 6) is 0.684. The molecule has 1 atom stereocenters. The molecule has 1 aliphatic heterocycles. The van der Waals surface area contributed by atoms with Crippen molar-refractivity contribution in [3.63, 3.8) is 0 Å². The van der Waals surface area contributed by atoms with Crippen molar-refractivity contribution < 1.29 is 4.79 Å². The molecule has 5 nitrogen and oxygen atoms in total. The van der Waals surface area contributed by atoms with E-state index in [0.29, 0.717) is 19.0 Å². The van der Waals surface area contributed by atoms with Gasteiger partial charge in [-0.25, -0.2) is 4.68 Å². The first kappa shape index (κ1) is 18.4. The fourth-order valence-electron chi connectivity index (χ4n) is 3.91. The van der Waals surface area contributed by atoms with Crippen LogP contribution in [0.4, 0.5) is 0 Å². The average molecular weight is 374 g/mol. The Morgan fingerprint density at radius 3 is 2.68 bits per heavy atom. The monoisotopic (exact) mass is 374 g/mol. The number of amides is 1. The number of likely N-dealkylation sites (tertiary alicyclic amines) is 1. The number of carbonyl (C=O) groups excluding carboxylic acids is 1. The minimum atomic E-state index is 0.156. The lowest BCUT2D eigenvalue weighted by molar-refractivity contribution is -0.131. The van der Waals surface area contributed by atoms with E-state index < -0.39 is 0 Å². The molecule has 3 aromatic rings. The molecule has 2 heterocycles. The molecule has 2 aromatic carbocycles. The first-order chi connectivity index (χ1) is 13.7. The van der Waals surface area contributed by atoms with Gasteiger partial charge in [-0.3, -0.25) is 9.69 Å². The van der Waals surface area contributed by atoms with Crippen LogP contribution in [0, 0.1) is 0 Å². The molecule has 0 N–H and O–H groups in total. The maximum atomic E-state index is 12.8. The largest absolute Gasteiger partial charge is 0.340 e. The van der Waals surface area contributed by atoms with Crippen molar-refractivity contribution >= 4 is 5.91 Å². The summed E-state index contributed by atoms with van der Waals surface area (Å²) in [6.45, 7) is 2.98. The van der Waals surface area contributed by atoms with Crippen LogP contribution in [0.25, 0.3) is 5.69 Å². The molecule has 0 spiro atoms. The summed E-state index contributed by atoms with van der Waals surface area (Å²) in [5, 5.41) is 4.32. The van der Waals surface area contributed by atoms with Crippen molar-refractivity contribution in [2.75, 3.05) is 26.7 Å². The highest BCUT2D eigenvalue weighted by Crippen LogP contribution is 2.26. The summed E-state index contributed by atoms with van der Waals surface area (Å²) >= 11 is 0. The zero-order valence-corrected chi connectivity index (χ0v) is 16.2. The number of aromatic nitrogens is 2.